The molecule has 0 heterocycles. The van der Waals surface area contributed by atoms with Crippen LogP contribution in [0.25, 0.3) is 0 Å². The molecule has 0 saturated heterocycles. The van der Waals surface area contributed by atoms with Crippen molar-refractivity contribution in [3.63, 3.8) is 0 Å². The zero-order valence-electron chi connectivity index (χ0n) is 41.8. The minimum Gasteiger partial charge on any atom is -0.481 e. The van der Waals surface area contributed by atoms with E-state index in [4.69, 9.17) is 5.73 Å². The second-order valence-electron chi connectivity index (χ2n) is 18.3. The number of thioether (sulfide) groups is 2. The Morgan fingerprint density at radius 3 is 1.19 bits per heavy atom. The molecule has 0 unspecified atom stereocenters. The Kier molecular flexibility index (Phi) is 30.9. The Balaban J connectivity index is 6.36. The predicted octanol–water partition coefficient (Wildman–Crippen LogP) is -1.48. The first-order valence-corrected chi connectivity index (χ1v) is 25.8. The van der Waals surface area contributed by atoms with Crippen LogP contribution in [0.15, 0.2) is 0 Å². The smallest absolute Gasteiger partial charge is 0.326 e. The van der Waals surface area contributed by atoms with Crippen LogP contribution in [0.1, 0.15) is 100 Å². The van der Waals surface area contributed by atoms with Crippen LogP contribution >= 0.6 is 23.5 Å². The van der Waals surface area contributed by atoms with Crippen molar-refractivity contribution >= 4 is 88.7 Å². The van der Waals surface area contributed by atoms with E-state index in [-0.39, 0.29) is 43.3 Å². The lowest BCUT2D eigenvalue weighted by Gasteiger charge is -2.29. The van der Waals surface area contributed by atoms with Crippen LogP contribution in [-0.2, 0) is 52.7 Å². The van der Waals surface area contributed by atoms with Gasteiger partial charge in [-0.25, -0.2) is 4.79 Å². The fourth-order valence-electron chi connectivity index (χ4n) is 6.63. The lowest BCUT2D eigenvalue weighted by atomic mass is 9.99. The summed E-state index contributed by atoms with van der Waals surface area (Å²) in [6.45, 7) is 12.6. The van der Waals surface area contributed by atoms with Crippen molar-refractivity contribution in [1.82, 2.24) is 42.5 Å². The topological polar surface area (TPSA) is 391 Å². The van der Waals surface area contributed by atoms with E-state index in [0.717, 1.165) is 0 Å². The van der Waals surface area contributed by atoms with Gasteiger partial charge in [0.1, 0.15) is 48.3 Å². The summed E-state index contributed by atoms with van der Waals surface area (Å²) in [6.07, 6.45) is 1.73. The summed E-state index contributed by atoms with van der Waals surface area (Å²) in [5, 5.41) is 58.3. The van der Waals surface area contributed by atoms with E-state index < -0.39 is 157 Å². The van der Waals surface area contributed by atoms with Gasteiger partial charge in [-0.1, -0.05) is 55.4 Å². The molecule has 0 aromatic carbocycles. The molecule has 0 aliphatic rings. The zero-order chi connectivity index (χ0) is 54.0. The Hall–Kier alpha value is -5.21. The number of amides is 8. The van der Waals surface area contributed by atoms with E-state index in [2.05, 4.69) is 42.5 Å². The first-order valence-electron chi connectivity index (χ1n) is 23.0. The molecule has 26 heteroatoms. The first-order chi connectivity index (χ1) is 32.6. The normalized spacial score (nSPS) is 15.2. The third-order valence-corrected chi connectivity index (χ3v) is 11.8. The van der Waals surface area contributed by atoms with Crippen LogP contribution in [0.5, 0.6) is 0 Å². The molecule has 8 amide bonds. The number of carbonyl (C=O) groups is 11. The summed E-state index contributed by atoms with van der Waals surface area (Å²) in [4.78, 5) is 143. The molecule has 0 aromatic rings. The van der Waals surface area contributed by atoms with E-state index in [0.29, 0.717) is 5.75 Å². The van der Waals surface area contributed by atoms with Crippen LogP contribution in [0.3, 0.4) is 0 Å². The average Bonchev–Trinajstić information content (AvgIpc) is 3.25. The number of carbonyl (C=O) groups excluding carboxylic acids is 8. The molecule has 14 N–H and O–H groups in total. The van der Waals surface area contributed by atoms with Gasteiger partial charge >= 0.3 is 17.9 Å². The highest BCUT2D eigenvalue weighted by Crippen LogP contribution is 2.12. The third-order valence-electron chi connectivity index (χ3n) is 10.5. The van der Waals surface area contributed by atoms with Crippen LogP contribution in [0, 0.1) is 23.7 Å². The number of nitrogens with two attached hydrogens (primary N) is 1. The van der Waals surface area contributed by atoms with Crippen molar-refractivity contribution in [2.45, 2.75) is 155 Å². The standard InChI is InChI=1S/C44H77N9O15S2/c1-21(2)17-25(45)36(59)46-26(11-12-32(55)56)37(60)49-29(19-33(57)58)40(63)47-27(13-15-69-9)38(61)51-31(20-54)41(64)53-34(23(5)6)42(65)48-28(14-16-70-10)39(62)52-35(24(7)8)43(66)50-30(44(67)68)18-22(3)4/h21-31,34-35,54H,11-20,45H2,1-10H3,(H,46,59)(H,47,63)(H,48,65)(H,49,60)(H,50,66)(H,51,61)(H,52,62)(H,53,64)(H,55,56)(H,57,58)(H,67,68)/t25-,26-,27-,28-,29-,30-,31-,34-,35-/m0/s1. The highest BCUT2D eigenvalue weighted by Gasteiger charge is 2.36. The summed E-state index contributed by atoms with van der Waals surface area (Å²) < 4.78 is 0. The molecular formula is C44H77N9O15S2. The van der Waals surface area contributed by atoms with Crippen molar-refractivity contribution in [1.29, 1.82) is 0 Å². The summed E-state index contributed by atoms with van der Waals surface area (Å²) in [5.41, 5.74) is 5.93. The molecule has 400 valence electrons. The van der Waals surface area contributed by atoms with Crippen molar-refractivity contribution < 1.29 is 73.2 Å². The minimum absolute atomic E-state index is 0.0153. The third kappa shape index (κ3) is 25.1. The number of carboxylic acid groups (broad SMARTS) is 3. The molecule has 0 aliphatic heterocycles. The summed E-state index contributed by atoms with van der Waals surface area (Å²) in [7, 11) is 0. The van der Waals surface area contributed by atoms with Gasteiger partial charge in [0.05, 0.1) is 19.1 Å². The van der Waals surface area contributed by atoms with Gasteiger partial charge < -0.3 is 68.7 Å². The second-order valence-corrected chi connectivity index (χ2v) is 20.3. The van der Waals surface area contributed by atoms with Gasteiger partial charge in [0, 0.05) is 6.42 Å². The molecule has 0 saturated carbocycles. The molecule has 0 fully saturated rings. The van der Waals surface area contributed by atoms with Gasteiger partial charge in [-0.3, -0.25) is 47.9 Å². The second kappa shape index (κ2) is 33.4. The molecular weight excluding hydrogens is 959 g/mol. The fourth-order valence-corrected chi connectivity index (χ4v) is 7.57. The SMILES string of the molecule is CSCC[C@H](NC(=O)[C@H](CC(=O)O)NC(=O)[C@H](CCC(=O)O)NC(=O)[C@@H](N)CC(C)C)C(=O)N[C@@H](CO)C(=O)N[C@H](C(=O)N[C@@H](CCSC)C(=O)N[C@H](C(=O)N[C@@H](CC(C)C)C(=O)O)C(C)C)C(C)C. The molecule has 0 rings (SSSR count). The highest BCUT2D eigenvalue weighted by atomic mass is 32.2. The first kappa shape index (κ1) is 64.8. The van der Waals surface area contributed by atoms with Crippen LogP contribution in [0.2, 0.25) is 0 Å². The van der Waals surface area contributed by atoms with Crippen LogP contribution < -0.4 is 48.3 Å². The van der Waals surface area contributed by atoms with E-state index in [1.807, 2.05) is 0 Å². The van der Waals surface area contributed by atoms with Gasteiger partial charge in [0.25, 0.3) is 0 Å². The minimum atomic E-state index is -1.86. The Morgan fingerprint density at radius 2 is 0.800 bits per heavy atom. The summed E-state index contributed by atoms with van der Waals surface area (Å²) in [5.74, 6) is -12.2. The number of aliphatic hydroxyl groups is 1. The molecule has 0 spiro atoms. The maximum Gasteiger partial charge on any atom is 0.326 e. The Labute approximate surface area is 417 Å². The largest absolute Gasteiger partial charge is 0.481 e. The van der Waals surface area contributed by atoms with Gasteiger partial charge in [0.2, 0.25) is 47.3 Å². The molecule has 9 atom stereocenters. The van der Waals surface area contributed by atoms with Crippen LogP contribution in [-0.4, -0.2) is 171 Å². The molecule has 0 aromatic heterocycles. The Bertz CT molecular complexity index is 1790. The monoisotopic (exact) mass is 1040 g/mol. The average molecular weight is 1040 g/mol. The quantitative estimate of drug-likeness (QED) is 0.0344. The number of aliphatic carboxylic acids is 3. The van der Waals surface area contributed by atoms with E-state index in [1.165, 1.54) is 23.5 Å². The Morgan fingerprint density at radius 1 is 0.443 bits per heavy atom. The lowest BCUT2D eigenvalue weighted by Crippen LogP contribution is -2.62. The maximum atomic E-state index is 13.8. The van der Waals surface area contributed by atoms with E-state index in [9.17, 15) is 73.2 Å². The van der Waals surface area contributed by atoms with Crippen molar-refractivity contribution in [3.05, 3.63) is 0 Å². The van der Waals surface area contributed by atoms with E-state index in [1.54, 1.807) is 67.9 Å². The molecule has 0 aliphatic carbocycles. The number of aliphatic hydroxyl groups excluding tert-OH is 1. The van der Waals surface area contributed by atoms with Crippen molar-refractivity contribution in [2.24, 2.45) is 29.4 Å². The van der Waals surface area contributed by atoms with Crippen molar-refractivity contribution in [2.75, 3.05) is 30.6 Å². The number of hydrogen-bond acceptors (Lipinski definition) is 15. The maximum absolute atomic E-state index is 13.8. The predicted molar refractivity (Wildman–Crippen MR) is 262 cm³/mol. The summed E-state index contributed by atoms with van der Waals surface area (Å²) >= 11 is 2.62. The van der Waals surface area contributed by atoms with Gasteiger partial charge in [-0.2, -0.15) is 23.5 Å². The van der Waals surface area contributed by atoms with Crippen LogP contribution in [0.4, 0.5) is 0 Å². The van der Waals surface area contributed by atoms with Crippen molar-refractivity contribution in [3.8, 4) is 0 Å². The summed E-state index contributed by atoms with van der Waals surface area (Å²) in [6, 6.07) is -12.7. The van der Waals surface area contributed by atoms with E-state index >= 15 is 0 Å². The molecule has 0 bridgehead atoms. The molecule has 70 heavy (non-hydrogen) atoms. The highest BCUT2D eigenvalue weighted by molar-refractivity contribution is 7.98. The zero-order valence-corrected chi connectivity index (χ0v) is 43.4. The van der Waals surface area contributed by atoms with Gasteiger partial charge in [0.15, 0.2) is 0 Å². The molecule has 0 radical (unpaired) electrons. The van der Waals surface area contributed by atoms with Gasteiger partial charge in [-0.05, 0) is 79.8 Å². The molecule has 24 nitrogen and oxygen atoms in total. The number of carboxylic acids is 3. The van der Waals surface area contributed by atoms with Gasteiger partial charge in [-0.15, -0.1) is 0 Å². The fraction of sp³-hybridized carbons (Fsp3) is 0.750. The number of nitrogens with one attached hydrogen (secondary N) is 8. The number of hydrogen-bond donors (Lipinski definition) is 13. The number of rotatable bonds is 35. The lowest BCUT2D eigenvalue weighted by molar-refractivity contribution is -0.143.